The number of aliphatic hydroxyl groups is 1. The first kappa shape index (κ1) is 14.7. The molecular formula is C7H14F3NO3S. The molecule has 0 saturated carbocycles. The average Bonchev–Trinajstić information content (AvgIpc) is 1.94. The van der Waals surface area contributed by atoms with Gasteiger partial charge in [0.2, 0.25) is 0 Å². The monoisotopic (exact) mass is 249 g/mol. The summed E-state index contributed by atoms with van der Waals surface area (Å²) in [6, 6.07) is -0.628. The molecule has 0 aliphatic rings. The van der Waals surface area contributed by atoms with Crippen molar-refractivity contribution in [2.45, 2.75) is 25.2 Å². The fraction of sp³-hybridized carbons (Fsp3) is 1.00. The highest BCUT2D eigenvalue weighted by Crippen LogP contribution is 2.19. The predicted molar refractivity (Wildman–Crippen MR) is 49.2 cm³/mol. The Morgan fingerprint density at radius 3 is 2.20 bits per heavy atom. The second kappa shape index (κ2) is 5.13. The molecule has 0 aromatic carbocycles. The summed E-state index contributed by atoms with van der Waals surface area (Å²) in [6.45, 7) is 0.727. The molecule has 2 atom stereocenters. The zero-order chi connectivity index (χ0) is 12.3. The van der Waals surface area contributed by atoms with E-state index >= 15 is 0 Å². The molecule has 0 aromatic rings. The van der Waals surface area contributed by atoms with Gasteiger partial charge in [-0.1, -0.05) is 0 Å². The molecule has 2 N–H and O–H groups in total. The second-order valence-corrected chi connectivity index (χ2v) is 5.64. The minimum Gasteiger partial charge on any atom is -0.382 e. The van der Waals surface area contributed by atoms with E-state index < -0.39 is 34.7 Å². The van der Waals surface area contributed by atoms with Crippen molar-refractivity contribution >= 4 is 9.84 Å². The molecule has 2 unspecified atom stereocenters. The molecule has 8 heteroatoms. The molecule has 0 radical (unpaired) electrons. The van der Waals surface area contributed by atoms with Gasteiger partial charge in [-0.05, 0) is 6.92 Å². The molecule has 92 valence electrons. The average molecular weight is 249 g/mol. The van der Waals surface area contributed by atoms with Crippen LogP contribution in [0.5, 0.6) is 0 Å². The standard InChI is InChI=1S/C7H14F3NO3S/c1-5(4-15(2,13)14)11-3-6(12)7(8,9)10/h5-6,11-12H,3-4H2,1-2H3. The Morgan fingerprint density at radius 2 is 1.87 bits per heavy atom. The van der Waals surface area contributed by atoms with E-state index in [9.17, 15) is 21.6 Å². The highest BCUT2D eigenvalue weighted by Gasteiger charge is 2.37. The first-order valence-electron chi connectivity index (χ1n) is 4.18. The lowest BCUT2D eigenvalue weighted by Crippen LogP contribution is -2.43. The van der Waals surface area contributed by atoms with E-state index in [1.54, 1.807) is 0 Å². The molecule has 0 aromatic heterocycles. The Morgan fingerprint density at radius 1 is 1.40 bits per heavy atom. The number of nitrogens with one attached hydrogen (secondary N) is 1. The van der Waals surface area contributed by atoms with Crippen LogP contribution in [0, 0.1) is 0 Å². The lowest BCUT2D eigenvalue weighted by atomic mass is 10.3. The van der Waals surface area contributed by atoms with Gasteiger partial charge in [-0.2, -0.15) is 13.2 Å². The summed E-state index contributed by atoms with van der Waals surface area (Å²) in [6.07, 6.45) is -6.16. The topological polar surface area (TPSA) is 66.4 Å². The molecule has 0 rings (SSSR count). The fourth-order valence-corrected chi connectivity index (χ4v) is 1.97. The number of hydrogen-bond donors (Lipinski definition) is 2. The molecule has 0 aliphatic carbocycles. The number of alkyl halides is 3. The summed E-state index contributed by atoms with van der Waals surface area (Å²) in [5.74, 6) is -0.266. The van der Waals surface area contributed by atoms with Gasteiger partial charge in [-0.25, -0.2) is 8.42 Å². The normalized spacial score (nSPS) is 17.5. The largest absolute Gasteiger partial charge is 0.415 e. The molecule has 0 fully saturated rings. The number of rotatable bonds is 5. The van der Waals surface area contributed by atoms with Gasteiger partial charge >= 0.3 is 6.18 Å². The van der Waals surface area contributed by atoms with Gasteiger partial charge in [0.05, 0.1) is 5.75 Å². The molecule has 4 nitrogen and oxygen atoms in total. The maximum absolute atomic E-state index is 11.8. The zero-order valence-electron chi connectivity index (χ0n) is 8.37. The number of hydrogen-bond acceptors (Lipinski definition) is 4. The van der Waals surface area contributed by atoms with Crippen molar-refractivity contribution < 1.29 is 26.7 Å². The minimum atomic E-state index is -4.68. The Kier molecular flexibility index (Phi) is 5.01. The van der Waals surface area contributed by atoms with Crippen LogP contribution in [0.4, 0.5) is 13.2 Å². The zero-order valence-corrected chi connectivity index (χ0v) is 9.19. The molecule has 0 spiro atoms. The highest BCUT2D eigenvalue weighted by atomic mass is 32.2. The van der Waals surface area contributed by atoms with Crippen LogP contribution in [0.15, 0.2) is 0 Å². The number of aliphatic hydroxyl groups excluding tert-OH is 1. The SMILES string of the molecule is CC(CS(C)(=O)=O)NCC(O)C(F)(F)F. The van der Waals surface area contributed by atoms with E-state index in [4.69, 9.17) is 5.11 Å². The summed E-state index contributed by atoms with van der Waals surface area (Å²) in [7, 11) is -3.23. The summed E-state index contributed by atoms with van der Waals surface area (Å²) in [5, 5.41) is 10.9. The molecule has 0 saturated heterocycles. The fourth-order valence-electron chi connectivity index (χ4n) is 0.942. The van der Waals surface area contributed by atoms with E-state index in [1.807, 2.05) is 0 Å². The Bertz CT molecular complexity index is 288. The molecule has 0 amide bonds. The van der Waals surface area contributed by atoms with Crippen LogP contribution in [0.3, 0.4) is 0 Å². The molecular weight excluding hydrogens is 235 g/mol. The first-order chi connectivity index (χ1) is 6.52. The van der Waals surface area contributed by atoms with E-state index in [-0.39, 0.29) is 5.75 Å². The van der Waals surface area contributed by atoms with E-state index in [2.05, 4.69) is 5.32 Å². The Hall–Kier alpha value is -0.340. The smallest absolute Gasteiger partial charge is 0.382 e. The van der Waals surface area contributed by atoms with E-state index in [1.165, 1.54) is 6.92 Å². The van der Waals surface area contributed by atoms with Crippen molar-refractivity contribution in [3.63, 3.8) is 0 Å². The summed E-state index contributed by atoms with van der Waals surface area (Å²) in [4.78, 5) is 0. The van der Waals surface area contributed by atoms with Gasteiger partial charge in [-0.3, -0.25) is 0 Å². The van der Waals surface area contributed by atoms with Crippen LogP contribution in [0.2, 0.25) is 0 Å². The highest BCUT2D eigenvalue weighted by molar-refractivity contribution is 7.90. The van der Waals surface area contributed by atoms with Crippen LogP contribution in [-0.4, -0.2) is 50.4 Å². The van der Waals surface area contributed by atoms with Gasteiger partial charge in [0, 0.05) is 18.8 Å². The molecule has 0 aliphatic heterocycles. The Balaban J connectivity index is 3.97. The predicted octanol–water partition coefficient (Wildman–Crippen LogP) is -0.0677. The maximum Gasteiger partial charge on any atom is 0.415 e. The van der Waals surface area contributed by atoms with E-state index in [0.29, 0.717) is 0 Å². The van der Waals surface area contributed by atoms with Gasteiger partial charge in [0.25, 0.3) is 0 Å². The van der Waals surface area contributed by atoms with Gasteiger partial charge in [0.1, 0.15) is 9.84 Å². The third-order valence-electron chi connectivity index (χ3n) is 1.59. The lowest BCUT2D eigenvalue weighted by molar-refractivity contribution is -0.202. The van der Waals surface area contributed by atoms with Crippen LogP contribution in [0.1, 0.15) is 6.92 Å². The number of halogens is 3. The van der Waals surface area contributed by atoms with Gasteiger partial charge in [-0.15, -0.1) is 0 Å². The first-order valence-corrected chi connectivity index (χ1v) is 6.24. The molecule has 15 heavy (non-hydrogen) atoms. The van der Waals surface area contributed by atoms with Gasteiger partial charge < -0.3 is 10.4 Å². The van der Waals surface area contributed by atoms with Crippen molar-refractivity contribution in [2.75, 3.05) is 18.6 Å². The van der Waals surface area contributed by atoms with Crippen LogP contribution < -0.4 is 5.32 Å². The van der Waals surface area contributed by atoms with Crippen molar-refractivity contribution in [1.29, 1.82) is 0 Å². The van der Waals surface area contributed by atoms with Crippen molar-refractivity contribution in [1.82, 2.24) is 5.32 Å². The maximum atomic E-state index is 11.8. The molecule has 0 bridgehead atoms. The summed E-state index contributed by atoms with van der Waals surface area (Å²) >= 11 is 0. The minimum absolute atomic E-state index is 0.266. The quantitative estimate of drug-likeness (QED) is 0.716. The van der Waals surface area contributed by atoms with Gasteiger partial charge in [0.15, 0.2) is 6.10 Å². The number of sulfone groups is 1. The van der Waals surface area contributed by atoms with Crippen molar-refractivity contribution in [3.05, 3.63) is 0 Å². The third kappa shape index (κ3) is 7.57. The van der Waals surface area contributed by atoms with Crippen molar-refractivity contribution in [3.8, 4) is 0 Å². The van der Waals surface area contributed by atoms with Crippen LogP contribution >= 0.6 is 0 Å². The Labute approximate surface area is 86.4 Å². The van der Waals surface area contributed by atoms with E-state index in [0.717, 1.165) is 6.26 Å². The summed E-state index contributed by atoms with van der Waals surface area (Å²) < 4.78 is 57.0. The second-order valence-electron chi connectivity index (χ2n) is 3.46. The van der Waals surface area contributed by atoms with Crippen LogP contribution in [-0.2, 0) is 9.84 Å². The summed E-state index contributed by atoms with van der Waals surface area (Å²) in [5.41, 5.74) is 0. The lowest BCUT2D eigenvalue weighted by Gasteiger charge is -2.18. The third-order valence-corrected chi connectivity index (χ3v) is 2.70. The van der Waals surface area contributed by atoms with Crippen molar-refractivity contribution in [2.24, 2.45) is 0 Å². The van der Waals surface area contributed by atoms with Crippen LogP contribution in [0.25, 0.3) is 0 Å². The molecule has 0 heterocycles.